The van der Waals surface area contributed by atoms with Crippen LogP contribution in [-0.2, 0) is 11.4 Å². The number of nitrogens with two attached hydrogens (primary N) is 1. The number of rotatable bonds is 5. The Morgan fingerprint density at radius 1 is 1.33 bits per heavy atom. The number of hydrogen-bond acceptors (Lipinski definition) is 2. The second-order valence-electron chi connectivity index (χ2n) is 4.80. The zero-order valence-corrected chi connectivity index (χ0v) is 10.4. The van der Waals surface area contributed by atoms with E-state index in [1.54, 1.807) is 26.0 Å². The van der Waals surface area contributed by atoms with Crippen LogP contribution in [-0.4, -0.2) is 15.7 Å². The molecule has 0 rings (SSSR count). The Morgan fingerprint density at radius 2 is 1.80 bits per heavy atom. The van der Waals surface area contributed by atoms with Gasteiger partial charge in [-0.15, -0.1) is 0 Å². The molecule has 0 amide bonds. The molecular weight excluding hydrogens is 220 g/mol. The fourth-order valence-corrected chi connectivity index (χ4v) is 1.03. The van der Waals surface area contributed by atoms with Crippen LogP contribution in [0.4, 0.5) is 8.78 Å². The van der Waals surface area contributed by atoms with Crippen molar-refractivity contribution in [1.82, 2.24) is 0 Å². The maximum absolute atomic E-state index is 12.5. The summed E-state index contributed by atoms with van der Waals surface area (Å²) in [5.41, 5.74) is -1.05. The van der Waals surface area contributed by atoms with E-state index < -0.39 is 27.9 Å². The fourth-order valence-electron chi connectivity index (χ4n) is 0.803. The second kappa shape index (κ2) is 5.27. The standard InChI is InChI=1S/C10H19F2NOS/c1-9(2,8(11)12)6-5-7-10(3,4)15(13)14/h5,7-8H,6,13H2,1-4H3. The van der Waals surface area contributed by atoms with Crippen molar-refractivity contribution in [3.8, 4) is 0 Å². The summed E-state index contributed by atoms with van der Waals surface area (Å²) in [5.74, 6) is 0. The lowest BCUT2D eigenvalue weighted by Crippen LogP contribution is -2.35. The minimum Gasteiger partial charge on any atom is -0.598 e. The summed E-state index contributed by atoms with van der Waals surface area (Å²) in [5, 5.41) is 5.25. The highest BCUT2D eigenvalue weighted by atomic mass is 32.2. The van der Waals surface area contributed by atoms with E-state index in [1.807, 2.05) is 0 Å². The fraction of sp³-hybridized carbons (Fsp3) is 0.800. The van der Waals surface area contributed by atoms with E-state index in [2.05, 4.69) is 0 Å². The van der Waals surface area contributed by atoms with Gasteiger partial charge in [-0.1, -0.05) is 19.9 Å². The average Bonchev–Trinajstić information content (AvgIpc) is 2.02. The van der Waals surface area contributed by atoms with E-state index in [9.17, 15) is 13.3 Å². The van der Waals surface area contributed by atoms with Crippen molar-refractivity contribution in [2.45, 2.75) is 45.3 Å². The van der Waals surface area contributed by atoms with Gasteiger partial charge in [0, 0.05) is 16.8 Å². The second-order valence-corrected chi connectivity index (χ2v) is 6.44. The van der Waals surface area contributed by atoms with Gasteiger partial charge < -0.3 is 4.55 Å². The Balaban J connectivity index is 4.33. The van der Waals surface area contributed by atoms with Gasteiger partial charge in [0.25, 0.3) is 0 Å². The molecular formula is C10H19F2NOS. The van der Waals surface area contributed by atoms with Crippen molar-refractivity contribution < 1.29 is 13.3 Å². The van der Waals surface area contributed by atoms with Crippen molar-refractivity contribution in [3.63, 3.8) is 0 Å². The maximum atomic E-state index is 12.5. The molecule has 0 aromatic carbocycles. The van der Waals surface area contributed by atoms with Gasteiger partial charge in [-0.3, -0.25) is 0 Å². The Kier molecular flexibility index (Phi) is 5.23. The first kappa shape index (κ1) is 14.9. The van der Waals surface area contributed by atoms with Crippen LogP contribution in [0.15, 0.2) is 12.2 Å². The van der Waals surface area contributed by atoms with E-state index in [0.717, 1.165) is 0 Å². The van der Waals surface area contributed by atoms with Crippen molar-refractivity contribution in [3.05, 3.63) is 12.2 Å². The molecule has 0 fully saturated rings. The van der Waals surface area contributed by atoms with Gasteiger partial charge in [-0.2, -0.15) is 5.14 Å². The smallest absolute Gasteiger partial charge is 0.243 e. The molecule has 0 aromatic rings. The third-order valence-electron chi connectivity index (χ3n) is 2.27. The SMILES string of the molecule is CC(C)(CC=CC(C)(C)[S+](N)[O-])C(F)F. The van der Waals surface area contributed by atoms with Crippen LogP contribution in [0, 0.1) is 5.41 Å². The molecule has 0 radical (unpaired) electrons. The van der Waals surface area contributed by atoms with Gasteiger partial charge in [0.1, 0.15) is 0 Å². The van der Waals surface area contributed by atoms with E-state index in [-0.39, 0.29) is 6.42 Å². The number of hydrogen-bond donors (Lipinski definition) is 1. The zero-order chi connectivity index (χ0) is 12.3. The number of allylic oxidation sites excluding steroid dienone is 1. The first-order valence-electron chi connectivity index (χ1n) is 4.72. The van der Waals surface area contributed by atoms with E-state index >= 15 is 0 Å². The molecule has 1 atom stereocenters. The summed E-state index contributed by atoms with van der Waals surface area (Å²) < 4.78 is 35.3. The molecule has 0 aliphatic carbocycles. The molecule has 1 unspecified atom stereocenters. The van der Waals surface area contributed by atoms with Gasteiger partial charge in [-0.25, -0.2) is 8.78 Å². The number of halogens is 2. The van der Waals surface area contributed by atoms with Crippen LogP contribution in [0.1, 0.15) is 34.1 Å². The lowest BCUT2D eigenvalue weighted by atomic mass is 9.89. The van der Waals surface area contributed by atoms with Crippen molar-refractivity contribution >= 4 is 11.4 Å². The predicted molar refractivity (Wildman–Crippen MR) is 60.0 cm³/mol. The van der Waals surface area contributed by atoms with E-state index in [0.29, 0.717) is 0 Å². The summed E-state index contributed by atoms with van der Waals surface area (Å²) in [6, 6.07) is 0. The molecule has 0 aliphatic heterocycles. The molecule has 0 aliphatic rings. The minimum absolute atomic E-state index is 0.241. The monoisotopic (exact) mass is 239 g/mol. The molecule has 5 heteroatoms. The van der Waals surface area contributed by atoms with Crippen molar-refractivity contribution in [2.24, 2.45) is 10.6 Å². The molecule has 0 bridgehead atoms. The van der Waals surface area contributed by atoms with Gasteiger partial charge in [0.15, 0.2) is 4.75 Å². The highest BCUT2D eigenvalue weighted by Gasteiger charge is 2.30. The first-order chi connectivity index (χ1) is 6.59. The molecule has 0 saturated carbocycles. The molecule has 90 valence electrons. The third-order valence-corrected chi connectivity index (χ3v) is 3.45. The number of alkyl halides is 2. The quantitative estimate of drug-likeness (QED) is 0.592. The van der Waals surface area contributed by atoms with E-state index in [4.69, 9.17) is 5.14 Å². The first-order valence-corrected chi connectivity index (χ1v) is 5.93. The molecule has 0 aromatic heterocycles. The lowest BCUT2D eigenvalue weighted by Gasteiger charge is -2.23. The molecule has 2 N–H and O–H groups in total. The highest BCUT2D eigenvalue weighted by Crippen LogP contribution is 2.29. The molecule has 15 heavy (non-hydrogen) atoms. The molecule has 0 heterocycles. The van der Waals surface area contributed by atoms with Crippen LogP contribution in [0.25, 0.3) is 0 Å². The summed E-state index contributed by atoms with van der Waals surface area (Å²) in [6.07, 6.45) is 1.13. The summed E-state index contributed by atoms with van der Waals surface area (Å²) in [7, 11) is 0. The molecule has 0 spiro atoms. The Bertz CT molecular complexity index is 227. The zero-order valence-electron chi connectivity index (χ0n) is 9.59. The topological polar surface area (TPSA) is 49.1 Å². The Morgan fingerprint density at radius 3 is 2.13 bits per heavy atom. The van der Waals surface area contributed by atoms with Crippen LogP contribution in [0.2, 0.25) is 0 Å². The normalized spacial score (nSPS) is 16.3. The lowest BCUT2D eigenvalue weighted by molar-refractivity contribution is 0.0217. The van der Waals surface area contributed by atoms with Gasteiger partial charge in [0.05, 0.1) is 0 Å². The Hall–Kier alpha value is -0.130. The average molecular weight is 239 g/mol. The molecule has 0 saturated heterocycles. The van der Waals surface area contributed by atoms with E-state index in [1.165, 1.54) is 13.8 Å². The summed E-state index contributed by atoms with van der Waals surface area (Å²) >= 11 is -1.49. The van der Waals surface area contributed by atoms with Gasteiger partial charge >= 0.3 is 0 Å². The summed E-state index contributed by atoms with van der Waals surface area (Å²) in [6.45, 7) is 6.40. The maximum Gasteiger partial charge on any atom is 0.243 e. The van der Waals surface area contributed by atoms with Crippen LogP contribution in [0.3, 0.4) is 0 Å². The Labute approximate surface area is 93.2 Å². The van der Waals surface area contributed by atoms with Crippen LogP contribution < -0.4 is 5.14 Å². The summed E-state index contributed by atoms with van der Waals surface area (Å²) in [4.78, 5) is 0. The predicted octanol–water partition coefficient (Wildman–Crippen LogP) is 2.62. The van der Waals surface area contributed by atoms with Crippen molar-refractivity contribution in [2.75, 3.05) is 0 Å². The van der Waals surface area contributed by atoms with Gasteiger partial charge in [0.2, 0.25) is 6.43 Å². The van der Waals surface area contributed by atoms with Crippen LogP contribution in [0.5, 0.6) is 0 Å². The largest absolute Gasteiger partial charge is 0.598 e. The third kappa shape index (κ3) is 4.95. The molecule has 2 nitrogen and oxygen atoms in total. The minimum atomic E-state index is -2.37. The van der Waals surface area contributed by atoms with Gasteiger partial charge in [-0.05, 0) is 26.3 Å². The van der Waals surface area contributed by atoms with Crippen LogP contribution >= 0.6 is 0 Å². The van der Waals surface area contributed by atoms with Crippen molar-refractivity contribution in [1.29, 1.82) is 0 Å². The highest BCUT2D eigenvalue weighted by molar-refractivity contribution is 7.90.